The van der Waals surface area contributed by atoms with Crippen molar-refractivity contribution in [2.24, 2.45) is 0 Å². The number of benzene rings is 1. The molecule has 0 bridgehead atoms. The number of nitrogens with zero attached hydrogens (tertiary/aromatic N) is 1. The van der Waals surface area contributed by atoms with Crippen molar-refractivity contribution >= 4 is 12.0 Å². The molecule has 1 aromatic carbocycles. The zero-order valence-electron chi connectivity index (χ0n) is 10.8. The van der Waals surface area contributed by atoms with Crippen molar-refractivity contribution in [3.63, 3.8) is 0 Å². The Hall–Kier alpha value is -1.35. The van der Waals surface area contributed by atoms with E-state index in [4.69, 9.17) is 4.74 Å². The highest BCUT2D eigenvalue weighted by Crippen LogP contribution is 2.34. The van der Waals surface area contributed by atoms with E-state index in [1.165, 1.54) is 30.5 Å². The molecule has 1 aromatic rings. The summed E-state index contributed by atoms with van der Waals surface area (Å²) in [6.45, 7) is 3.86. The lowest BCUT2D eigenvalue weighted by Crippen LogP contribution is -2.48. The standard InChI is InChI=1S/C15H19NO2/c1-11-9-12(10-17)5-6-13(11)16-7-8-18-15-4-2-3-14(15)16/h5-6,9-10,14-15H,2-4,7-8H2,1H3. The molecule has 3 rings (SSSR count). The Balaban J connectivity index is 1.91. The third kappa shape index (κ3) is 1.93. The second-order valence-corrected chi connectivity index (χ2v) is 5.26. The van der Waals surface area contributed by atoms with Crippen molar-refractivity contribution in [1.29, 1.82) is 0 Å². The SMILES string of the molecule is Cc1cc(C=O)ccc1N1CCOC2CCCC21. The summed E-state index contributed by atoms with van der Waals surface area (Å²) in [6, 6.07) is 6.50. The van der Waals surface area contributed by atoms with Gasteiger partial charge in [0.25, 0.3) is 0 Å². The molecule has 96 valence electrons. The van der Waals surface area contributed by atoms with Gasteiger partial charge in [0.2, 0.25) is 0 Å². The van der Waals surface area contributed by atoms with Crippen LogP contribution in [0.4, 0.5) is 5.69 Å². The van der Waals surface area contributed by atoms with Gasteiger partial charge in [-0.2, -0.15) is 0 Å². The first kappa shape index (κ1) is 11.7. The second-order valence-electron chi connectivity index (χ2n) is 5.26. The Morgan fingerprint density at radius 3 is 3.06 bits per heavy atom. The number of anilines is 1. The van der Waals surface area contributed by atoms with E-state index in [9.17, 15) is 4.79 Å². The van der Waals surface area contributed by atoms with Gasteiger partial charge in [-0.05, 0) is 49.9 Å². The van der Waals surface area contributed by atoms with Gasteiger partial charge in [-0.3, -0.25) is 4.79 Å². The van der Waals surface area contributed by atoms with Gasteiger partial charge in [-0.15, -0.1) is 0 Å². The highest BCUT2D eigenvalue weighted by molar-refractivity contribution is 5.77. The Morgan fingerprint density at radius 2 is 2.28 bits per heavy atom. The van der Waals surface area contributed by atoms with E-state index < -0.39 is 0 Å². The van der Waals surface area contributed by atoms with Gasteiger partial charge in [0.05, 0.1) is 18.8 Å². The largest absolute Gasteiger partial charge is 0.374 e. The van der Waals surface area contributed by atoms with Crippen molar-refractivity contribution in [2.75, 3.05) is 18.1 Å². The van der Waals surface area contributed by atoms with E-state index >= 15 is 0 Å². The van der Waals surface area contributed by atoms with Gasteiger partial charge in [0, 0.05) is 17.8 Å². The van der Waals surface area contributed by atoms with Gasteiger partial charge in [-0.25, -0.2) is 0 Å². The summed E-state index contributed by atoms with van der Waals surface area (Å²) < 4.78 is 5.84. The molecule has 0 N–H and O–H groups in total. The summed E-state index contributed by atoms with van der Waals surface area (Å²) in [4.78, 5) is 13.3. The van der Waals surface area contributed by atoms with Crippen molar-refractivity contribution < 1.29 is 9.53 Å². The lowest BCUT2D eigenvalue weighted by Gasteiger charge is -2.40. The lowest BCUT2D eigenvalue weighted by molar-refractivity contribution is 0.0256. The molecule has 1 aliphatic heterocycles. The van der Waals surface area contributed by atoms with Crippen LogP contribution in [0.5, 0.6) is 0 Å². The van der Waals surface area contributed by atoms with Crippen molar-refractivity contribution in [2.45, 2.75) is 38.3 Å². The van der Waals surface area contributed by atoms with Crippen LogP contribution in [0.1, 0.15) is 35.2 Å². The Morgan fingerprint density at radius 1 is 1.39 bits per heavy atom. The molecule has 2 atom stereocenters. The highest BCUT2D eigenvalue weighted by atomic mass is 16.5. The molecule has 0 aromatic heterocycles. The van der Waals surface area contributed by atoms with Crippen LogP contribution in [-0.2, 0) is 4.74 Å². The maximum atomic E-state index is 10.8. The fourth-order valence-electron chi connectivity index (χ4n) is 3.30. The summed E-state index contributed by atoms with van der Waals surface area (Å²) in [5.74, 6) is 0. The van der Waals surface area contributed by atoms with Crippen LogP contribution in [0, 0.1) is 6.92 Å². The number of carbonyl (C=O) groups excluding carboxylic acids is 1. The van der Waals surface area contributed by atoms with Crippen LogP contribution in [0.2, 0.25) is 0 Å². The number of hydrogen-bond donors (Lipinski definition) is 0. The third-order valence-electron chi connectivity index (χ3n) is 4.15. The molecule has 2 aliphatic rings. The van der Waals surface area contributed by atoms with Crippen LogP contribution in [0.15, 0.2) is 18.2 Å². The number of morpholine rings is 1. The number of hydrogen-bond acceptors (Lipinski definition) is 3. The number of aldehydes is 1. The van der Waals surface area contributed by atoms with Crippen LogP contribution in [-0.4, -0.2) is 31.6 Å². The van der Waals surface area contributed by atoms with E-state index in [0.717, 1.165) is 25.0 Å². The van der Waals surface area contributed by atoms with E-state index in [2.05, 4.69) is 17.9 Å². The van der Waals surface area contributed by atoms with Crippen LogP contribution >= 0.6 is 0 Å². The molecule has 1 heterocycles. The molecule has 1 aliphatic carbocycles. The Bertz CT molecular complexity index is 458. The fraction of sp³-hybridized carbons (Fsp3) is 0.533. The first-order valence-corrected chi connectivity index (χ1v) is 6.73. The molecule has 1 saturated carbocycles. The summed E-state index contributed by atoms with van der Waals surface area (Å²) in [5.41, 5.74) is 3.21. The molecule has 0 radical (unpaired) electrons. The minimum Gasteiger partial charge on any atom is -0.374 e. The predicted octanol–water partition coefficient (Wildman–Crippen LogP) is 2.57. The molecule has 0 amide bonds. The van der Waals surface area contributed by atoms with Gasteiger partial charge >= 0.3 is 0 Å². The number of ether oxygens (including phenoxy) is 1. The van der Waals surface area contributed by atoms with Crippen molar-refractivity contribution in [3.05, 3.63) is 29.3 Å². The van der Waals surface area contributed by atoms with E-state index in [1.54, 1.807) is 0 Å². The molecule has 3 heteroatoms. The fourth-order valence-corrected chi connectivity index (χ4v) is 3.30. The maximum absolute atomic E-state index is 10.8. The van der Waals surface area contributed by atoms with E-state index in [1.807, 2.05) is 12.1 Å². The predicted molar refractivity (Wildman–Crippen MR) is 71.3 cm³/mol. The van der Waals surface area contributed by atoms with Crippen molar-refractivity contribution in [3.8, 4) is 0 Å². The molecule has 1 saturated heterocycles. The number of carbonyl (C=O) groups is 1. The molecule has 18 heavy (non-hydrogen) atoms. The zero-order chi connectivity index (χ0) is 12.5. The molecule has 3 nitrogen and oxygen atoms in total. The Labute approximate surface area is 108 Å². The summed E-state index contributed by atoms with van der Waals surface area (Å²) in [7, 11) is 0. The van der Waals surface area contributed by atoms with Crippen molar-refractivity contribution in [1.82, 2.24) is 0 Å². The average molecular weight is 245 g/mol. The quantitative estimate of drug-likeness (QED) is 0.750. The highest BCUT2D eigenvalue weighted by Gasteiger charge is 2.36. The second kappa shape index (κ2) is 4.73. The topological polar surface area (TPSA) is 29.5 Å². The molecule has 2 unspecified atom stereocenters. The third-order valence-corrected chi connectivity index (χ3v) is 4.15. The first-order valence-electron chi connectivity index (χ1n) is 6.73. The van der Waals surface area contributed by atoms with Crippen LogP contribution in [0.25, 0.3) is 0 Å². The maximum Gasteiger partial charge on any atom is 0.150 e. The van der Waals surface area contributed by atoms with Gasteiger partial charge < -0.3 is 9.64 Å². The monoisotopic (exact) mass is 245 g/mol. The summed E-state index contributed by atoms with van der Waals surface area (Å²) in [6.07, 6.45) is 4.99. The average Bonchev–Trinajstić information content (AvgIpc) is 2.87. The van der Waals surface area contributed by atoms with E-state index in [0.29, 0.717) is 12.1 Å². The smallest absolute Gasteiger partial charge is 0.150 e. The summed E-state index contributed by atoms with van der Waals surface area (Å²) >= 11 is 0. The van der Waals surface area contributed by atoms with Crippen LogP contribution in [0.3, 0.4) is 0 Å². The van der Waals surface area contributed by atoms with Gasteiger partial charge in [-0.1, -0.05) is 0 Å². The normalized spacial score (nSPS) is 27.1. The van der Waals surface area contributed by atoms with Gasteiger partial charge in [0.15, 0.2) is 0 Å². The van der Waals surface area contributed by atoms with E-state index in [-0.39, 0.29) is 0 Å². The minimum atomic E-state index is 0.406. The number of rotatable bonds is 2. The molecule has 2 fully saturated rings. The Kier molecular flexibility index (Phi) is 3.08. The minimum absolute atomic E-state index is 0.406. The van der Waals surface area contributed by atoms with Gasteiger partial charge in [0.1, 0.15) is 6.29 Å². The van der Waals surface area contributed by atoms with Crippen LogP contribution < -0.4 is 4.90 Å². The number of aryl methyl sites for hydroxylation is 1. The number of fused-ring (bicyclic) bond motifs is 1. The lowest BCUT2D eigenvalue weighted by atomic mass is 10.0. The zero-order valence-corrected chi connectivity index (χ0v) is 10.8. The molecular formula is C15H19NO2. The molecular weight excluding hydrogens is 226 g/mol. The summed E-state index contributed by atoms with van der Waals surface area (Å²) in [5, 5.41) is 0. The molecule has 0 spiro atoms. The first-order chi connectivity index (χ1) is 8.79.